The molecule has 1 aromatic heterocycles. The van der Waals surface area contributed by atoms with Crippen LogP contribution in [0.15, 0.2) is 24.3 Å². The summed E-state index contributed by atoms with van der Waals surface area (Å²) >= 11 is 0. The Morgan fingerprint density at radius 1 is 0.882 bits per heavy atom. The van der Waals surface area contributed by atoms with Crippen LogP contribution in [0, 0.1) is 24.7 Å². The van der Waals surface area contributed by atoms with E-state index in [1.165, 1.54) is 25.7 Å². The molecule has 0 bridgehead atoms. The van der Waals surface area contributed by atoms with E-state index in [1.807, 2.05) is 50.2 Å². The highest BCUT2D eigenvalue weighted by Crippen LogP contribution is 2.27. The van der Waals surface area contributed by atoms with Crippen LogP contribution in [0.2, 0.25) is 0 Å². The van der Waals surface area contributed by atoms with Crippen molar-refractivity contribution in [2.24, 2.45) is 17.8 Å². The first-order valence-corrected chi connectivity index (χ1v) is 12.7. The van der Waals surface area contributed by atoms with Crippen LogP contribution in [0.1, 0.15) is 72.0 Å². The molecule has 1 aliphatic heterocycles. The topological polar surface area (TPSA) is 66.4 Å². The Bertz CT molecular complexity index is 895. The number of ketones is 1. The summed E-state index contributed by atoms with van der Waals surface area (Å²) < 4.78 is 0. The van der Waals surface area contributed by atoms with Gasteiger partial charge >= 0.3 is 0 Å². The van der Waals surface area contributed by atoms with E-state index in [9.17, 15) is 9.59 Å². The van der Waals surface area contributed by atoms with E-state index < -0.39 is 0 Å². The molecule has 0 atom stereocenters. The van der Waals surface area contributed by atoms with Gasteiger partial charge in [0.1, 0.15) is 17.4 Å². The normalized spacial score (nSPS) is 20.5. The number of hydrogen-bond acceptors (Lipinski definition) is 5. The maximum Gasteiger partial charge on any atom is 0.219 e. The number of rotatable bonds is 2. The molecule has 0 unspecified atom stereocenters. The number of amides is 1. The maximum absolute atomic E-state index is 11.0. The molecule has 6 nitrogen and oxygen atoms in total. The van der Waals surface area contributed by atoms with E-state index in [4.69, 9.17) is 0 Å². The second kappa shape index (κ2) is 13.4. The zero-order valence-corrected chi connectivity index (χ0v) is 22.3. The molecule has 0 spiro atoms. The lowest BCUT2D eigenvalue weighted by Gasteiger charge is -2.29. The fourth-order valence-electron chi connectivity index (χ4n) is 4.54. The van der Waals surface area contributed by atoms with E-state index in [2.05, 4.69) is 23.8 Å². The second-order valence-corrected chi connectivity index (χ2v) is 10.3. The zero-order chi connectivity index (χ0) is 25.3. The monoisotopic (exact) mass is 468 g/mol. The van der Waals surface area contributed by atoms with Gasteiger partial charge in [0.2, 0.25) is 5.91 Å². The molecule has 4 rings (SSSR count). The van der Waals surface area contributed by atoms with Gasteiger partial charge in [-0.1, -0.05) is 51.7 Å². The van der Waals surface area contributed by atoms with Crippen molar-refractivity contribution >= 4 is 28.4 Å². The van der Waals surface area contributed by atoms with E-state index in [0.717, 1.165) is 60.3 Å². The summed E-state index contributed by atoms with van der Waals surface area (Å²) in [7, 11) is 3.99. The van der Waals surface area contributed by atoms with Crippen molar-refractivity contribution in [3.63, 3.8) is 0 Å². The number of Topliss-reactive ketones (excluding diaryl/α,β-unsaturated/α-hetero) is 1. The Balaban J connectivity index is 0.000000187. The Morgan fingerprint density at radius 3 is 1.88 bits per heavy atom. The highest BCUT2D eigenvalue weighted by Gasteiger charge is 2.23. The number of nitrogens with zero attached hydrogens (tertiary/aromatic N) is 4. The number of likely N-dealkylation sites (tertiary alicyclic amines) is 1. The van der Waals surface area contributed by atoms with Gasteiger partial charge in [-0.2, -0.15) is 0 Å². The Hall–Kier alpha value is -2.50. The Labute approximate surface area is 206 Å². The first-order chi connectivity index (χ1) is 16.1. The molecule has 2 aliphatic rings. The molecule has 1 saturated carbocycles. The smallest absolute Gasteiger partial charge is 0.219 e. The number of para-hydroxylation sites is 1. The van der Waals surface area contributed by atoms with Crippen molar-refractivity contribution in [2.75, 3.05) is 32.1 Å². The van der Waals surface area contributed by atoms with Gasteiger partial charge < -0.3 is 9.80 Å². The van der Waals surface area contributed by atoms with Crippen LogP contribution < -0.4 is 4.90 Å². The predicted octanol–water partition coefficient (Wildman–Crippen LogP) is 5.67. The van der Waals surface area contributed by atoms with Crippen molar-refractivity contribution in [1.29, 1.82) is 0 Å². The molecule has 2 fully saturated rings. The third-order valence-electron chi connectivity index (χ3n) is 6.94. The molecule has 1 amide bonds. The summed E-state index contributed by atoms with van der Waals surface area (Å²) in [6.45, 7) is 11.4. The summed E-state index contributed by atoms with van der Waals surface area (Å²) in [5.74, 6) is 4.41. The summed E-state index contributed by atoms with van der Waals surface area (Å²) in [4.78, 5) is 34.5. The molecular formula is C28H44N4O2. The third kappa shape index (κ3) is 8.69. The van der Waals surface area contributed by atoms with Gasteiger partial charge in [-0.3, -0.25) is 9.59 Å². The number of fused-ring (bicyclic) bond motifs is 1. The minimum Gasteiger partial charge on any atom is -0.362 e. The summed E-state index contributed by atoms with van der Waals surface area (Å²) in [5, 5.41) is 1.10. The molecule has 34 heavy (non-hydrogen) atoms. The molecule has 2 heterocycles. The molecule has 6 heteroatoms. The van der Waals surface area contributed by atoms with Crippen molar-refractivity contribution in [3.05, 3.63) is 30.1 Å². The number of carbonyl (C=O) groups is 2. The fraction of sp³-hybridized carbons (Fsp3) is 0.643. The maximum atomic E-state index is 11.0. The summed E-state index contributed by atoms with van der Waals surface area (Å²) in [5.41, 5.74) is 1.00. The fourth-order valence-corrected chi connectivity index (χ4v) is 4.54. The number of benzene rings is 1. The molecule has 2 aromatic rings. The Morgan fingerprint density at radius 2 is 1.41 bits per heavy atom. The van der Waals surface area contributed by atoms with Crippen LogP contribution in [0.4, 0.5) is 5.82 Å². The van der Waals surface area contributed by atoms with Crippen LogP contribution in [-0.4, -0.2) is 53.7 Å². The standard InChI is InChI=1S/C11H13N3.C9H15NO2.C8H16/c1-8-12-10-7-5-4-6-9(10)11(13-8)14(2)3;1-7(11)9-3-5-10(6-4-9)8(2)12;1-7-3-5-8(2)6-4-7/h4-7H,1-3H3;9H,3-6H2,1-2H3;7-8H,3-6H2,1-2H3. The third-order valence-corrected chi connectivity index (χ3v) is 6.94. The number of aryl methyl sites for hydroxylation is 1. The first kappa shape index (κ1) is 27.7. The van der Waals surface area contributed by atoms with Crippen molar-refractivity contribution < 1.29 is 9.59 Å². The van der Waals surface area contributed by atoms with Gasteiger partial charge in [0, 0.05) is 45.4 Å². The van der Waals surface area contributed by atoms with Crippen LogP contribution in [0.3, 0.4) is 0 Å². The van der Waals surface area contributed by atoms with Gasteiger partial charge in [-0.25, -0.2) is 9.97 Å². The summed E-state index contributed by atoms with van der Waals surface area (Å²) in [6, 6.07) is 8.06. The van der Waals surface area contributed by atoms with E-state index in [-0.39, 0.29) is 17.6 Å². The number of anilines is 1. The van der Waals surface area contributed by atoms with Gasteiger partial charge in [0.25, 0.3) is 0 Å². The minimum atomic E-state index is 0.122. The lowest BCUT2D eigenvalue weighted by molar-refractivity contribution is -0.132. The van der Waals surface area contributed by atoms with Crippen LogP contribution in [-0.2, 0) is 9.59 Å². The summed E-state index contributed by atoms with van der Waals surface area (Å²) in [6.07, 6.45) is 7.58. The van der Waals surface area contributed by atoms with Gasteiger partial charge in [0.05, 0.1) is 5.52 Å². The average Bonchev–Trinajstić information content (AvgIpc) is 2.81. The average molecular weight is 469 g/mol. The highest BCUT2D eigenvalue weighted by atomic mass is 16.2. The van der Waals surface area contributed by atoms with E-state index in [1.54, 1.807) is 18.7 Å². The lowest BCUT2D eigenvalue weighted by atomic mass is 9.84. The van der Waals surface area contributed by atoms with Crippen molar-refractivity contribution in [1.82, 2.24) is 14.9 Å². The lowest BCUT2D eigenvalue weighted by Crippen LogP contribution is -2.38. The van der Waals surface area contributed by atoms with Crippen LogP contribution in [0.25, 0.3) is 10.9 Å². The first-order valence-electron chi connectivity index (χ1n) is 12.7. The number of hydrogen-bond donors (Lipinski definition) is 0. The number of piperidine rings is 1. The molecule has 188 valence electrons. The zero-order valence-electron chi connectivity index (χ0n) is 22.3. The molecule has 0 N–H and O–H groups in total. The second-order valence-electron chi connectivity index (χ2n) is 10.3. The highest BCUT2D eigenvalue weighted by molar-refractivity contribution is 5.89. The van der Waals surface area contributed by atoms with Crippen molar-refractivity contribution in [2.45, 2.75) is 73.1 Å². The Kier molecular flexibility index (Phi) is 10.9. The van der Waals surface area contributed by atoms with Gasteiger partial charge in [-0.15, -0.1) is 0 Å². The predicted molar refractivity (Wildman–Crippen MR) is 141 cm³/mol. The van der Waals surface area contributed by atoms with Gasteiger partial charge in [0.15, 0.2) is 0 Å². The molecule has 0 radical (unpaired) electrons. The molecule has 1 aromatic carbocycles. The molecule has 1 saturated heterocycles. The molecular weight excluding hydrogens is 424 g/mol. The SMILES string of the molecule is CC(=O)C1CCN(C(C)=O)CC1.CC1CCC(C)CC1.Cc1nc(N(C)C)c2ccccc2n1. The van der Waals surface area contributed by atoms with Crippen LogP contribution in [0.5, 0.6) is 0 Å². The minimum absolute atomic E-state index is 0.122. The quantitative estimate of drug-likeness (QED) is 0.568. The largest absolute Gasteiger partial charge is 0.362 e. The van der Waals surface area contributed by atoms with E-state index >= 15 is 0 Å². The van der Waals surface area contributed by atoms with Crippen LogP contribution >= 0.6 is 0 Å². The van der Waals surface area contributed by atoms with Crippen molar-refractivity contribution in [3.8, 4) is 0 Å². The number of carbonyl (C=O) groups excluding carboxylic acids is 2. The number of aromatic nitrogens is 2. The van der Waals surface area contributed by atoms with E-state index in [0.29, 0.717) is 0 Å². The molecule has 1 aliphatic carbocycles. The van der Waals surface area contributed by atoms with Gasteiger partial charge in [-0.05, 0) is 50.7 Å².